The number of aliphatic hydroxyl groups excluding tert-OH is 1. The number of phenolic OH excluding ortho intramolecular Hbond substituents is 1. The molecule has 0 aliphatic carbocycles. The molecular formula is C22H32N4O7S. The lowest BCUT2D eigenvalue weighted by atomic mass is 10.0. The lowest BCUT2D eigenvalue weighted by Gasteiger charge is -2.29. The second kappa shape index (κ2) is 13.2. The van der Waals surface area contributed by atoms with Crippen molar-refractivity contribution in [3.8, 4) is 5.75 Å². The highest BCUT2D eigenvalue weighted by Gasteiger charge is 2.38. The number of amides is 3. The van der Waals surface area contributed by atoms with E-state index in [1.165, 1.54) is 28.8 Å². The predicted molar refractivity (Wildman–Crippen MR) is 126 cm³/mol. The van der Waals surface area contributed by atoms with Gasteiger partial charge in [0.1, 0.15) is 29.9 Å². The van der Waals surface area contributed by atoms with Crippen LogP contribution in [0.15, 0.2) is 24.3 Å². The molecule has 0 spiro atoms. The molecular weight excluding hydrogens is 464 g/mol. The number of carbonyl (C=O) groups is 4. The first-order valence-corrected chi connectivity index (χ1v) is 12.3. The second-order valence-corrected chi connectivity index (χ2v) is 9.08. The molecule has 4 unspecified atom stereocenters. The first-order chi connectivity index (χ1) is 16.2. The zero-order chi connectivity index (χ0) is 25.3. The van der Waals surface area contributed by atoms with Crippen molar-refractivity contribution >= 4 is 35.5 Å². The summed E-state index contributed by atoms with van der Waals surface area (Å²) in [6, 6.07) is 1.81. The SMILES string of the molecule is CSCCC(NC(=O)C(Cc1ccc(O)cc1)NC(=O)C(N)CO)C(=O)N1CCCC1C(=O)O. The Kier molecular flexibility index (Phi) is 10.6. The van der Waals surface area contributed by atoms with Crippen LogP contribution in [-0.2, 0) is 25.6 Å². The first-order valence-electron chi connectivity index (χ1n) is 10.9. The Bertz CT molecular complexity index is 867. The van der Waals surface area contributed by atoms with Crippen LogP contribution in [0, 0.1) is 0 Å². The number of nitrogens with one attached hydrogen (secondary N) is 2. The number of aliphatic carboxylic acids is 1. The van der Waals surface area contributed by atoms with Crippen LogP contribution in [0.4, 0.5) is 0 Å². The standard InChI is InChI=1S/C22H32N4O7S/c1-34-10-8-16(21(31)26-9-2-3-18(26)22(32)33)24-20(30)17(25-19(29)15(23)12-27)11-13-4-6-14(28)7-5-13/h4-7,15-18,27-28H,2-3,8-12,23H2,1H3,(H,24,30)(H,25,29)(H,32,33). The minimum atomic E-state index is -1.23. The Balaban J connectivity index is 2.22. The number of phenols is 1. The van der Waals surface area contributed by atoms with E-state index in [1.807, 2.05) is 6.26 Å². The summed E-state index contributed by atoms with van der Waals surface area (Å²) in [6.45, 7) is -0.319. The summed E-state index contributed by atoms with van der Waals surface area (Å²) in [6.07, 6.45) is 3.09. The molecule has 1 aromatic rings. The van der Waals surface area contributed by atoms with Gasteiger partial charge in [-0.15, -0.1) is 0 Å². The van der Waals surface area contributed by atoms with E-state index in [2.05, 4.69) is 10.6 Å². The number of hydrogen-bond acceptors (Lipinski definition) is 8. The third kappa shape index (κ3) is 7.61. The van der Waals surface area contributed by atoms with E-state index in [-0.39, 0.29) is 18.6 Å². The molecule has 0 radical (unpaired) electrons. The number of carboxylic acid groups (broad SMARTS) is 1. The van der Waals surface area contributed by atoms with Crippen molar-refractivity contribution in [2.45, 2.75) is 49.9 Å². The summed E-state index contributed by atoms with van der Waals surface area (Å²) in [7, 11) is 0. The van der Waals surface area contributed by atoms with E-state index >= 15 is 0 Å². The van der Waals surface area contributed by atoms with Gasteiger partial charge in [-0.1, -0.05) is 12.1 Å². The number of carbonyl (C=O) groups excluding carboxylic acids is 3. The minimum Gasteiger partial charge on any atom is -0.508 e. The lowest BCUT2D eigenvalue weighted by molar-refractivity contribution is -0.149. The summed E-state index contributed by atoms with van der Waals surface area (Å²) < 4.78 is 0. The zero-order valence-electron chi connectivity index (χ0n) is 19.0. The number of aromatic hydroxyl groups is 1. The first kappa shape index (κ1) is 27.4. The van der Waals surface area contributed by atoms with Crippen LogP contribution in [-0.4, -0.2) is 93.2 Å². The molecule has 4 atom stereocenters. The number of hydrogen-bond donors (Lipinski definition) is 6. The number of aliphatic hydroxyl groups is 1. The Morgan fingerprint density at radius 2 is 1.79 bits per heavy atom. The number of benzene rings is 1. The lowest BCUT2D eigenvalue weighted by Crippen LogP contribution is -2.58. The van der Waals surface area contributed by atoms with Gasteiger partial charge >= 0.3 is 5.97 Å². The van der Waals surface area contributed by atoms with E-state index in [0.29, 0.717) is 30.7 Å². The van der Waals surface area contributed by atoms with Crippen molar-refractivity contribution in [2.24, 2.45) is 5.73 Å². The van der Waals surface area contributed by atoms with Crippen LogP contribution in [0.25, 0.3) is 0 Å². The highest BCUT2D eigenvalue weighted by molar-refractivity contribution is 7.98. The number of thioether (sulfide) groups is 1. The Morgan fingerprint density at radius 3 is 2.38 bits per heavy atom. The summed E-state index contributed by atoms with van der Waals surface area (Å²) >= 11 is 1.48. The minimum absolute atomic E-state index is 0.0393. The van der Waals surface area contributed by atoms with Gasteiger partial charge in [0.05, 0.1) is 6.61 Å². The molecule has 1 saturated heterocycles. The van der Waals surface area contributed by atoms with Crippen molar-refractivity contribution in [1.29, 1.82) is 0 Å². The maximum atomic E-state index is 13.2. The highest BCUT2D eigenvalue weighted by atomic mass is 32.2. The fraction of sp³-hybridized carbons (Fsp3) is 0.545. The third-order valence-electron chi connectivity index (χ3n) is 5.59. The third-order valence-corrected chi connectivity index (χ3v) is 6.23. The van der Waals surface area contributed by atoms with Gasteiger partial charge in [-0.2, -0.15) is 11.8 Å². The van der Waals surface area contributed by atoms with E-state index in [1.54, 1.807) is 12.1 Å². The molecule has 12 heteroatoms. The van der Waals surface area contributed by atoms with Crippen LogP contribution in [0.5, 0.6) is 5.75 Å². The molecule has 2 rings (SSSR count). The van der Waals surface area contributed by atoms with Crippen molar-refractivity contribution < 1.29 is 34.5 Å². The van der Waals surface area contributed by atoms with Crippen LogP contribution < -0.4 is 16.4 Å². The van der Waals surface area contributed by atoms with Crippen molar-refractivity contribution in [3.05, 3.63) is 29.8 Å². The molecule has 0 aromatic heterocycles. The van der Waals surface area contributed by atoms with Gasteiger partial charge in [0.2, 0.25) is 17.7 Å². The number of nitrogens with zero attached hydrogens (tertiary/aromatic N) is 1. The van der Waals surface area contributed by atoms with Gasteiger partial charge in [0.15, 0.2) is 0 Å². The van der Waals surface area contributed by atoms with E-state index in [9.17, 15) is 29.4 Å². The normalized spacial score (nSPS) is 18.1. The average Bonchev–Trinajstić information content (AvgIpc) is 3.31. The second-order valence-electron chi connectivity index (χ2n) is 8.09. The Hall–Kier alpha value is -2.83. The zero-order valence-corrected chi connectivity index (χ0v) is 19.8. The smallest absolute Gasteiger partial charge is 0.326 e. The summed E-state index contributed by atoms with van der Waals surface area (Å²) in [4.78, 5) is 51.5. The molecule has 1 aliphatic rings. The molecule has 0 saturated carbocycles. The van der Waals surface area contributed by atoms with Gasteiger partial charge in [-0.3, -0.25) is 14.4 Å². The van der Waals surface area contributed by atoms with Crippen LogP contribution in [0.1, 0.15) is 24.8 Å². The molecule has 1 heterocycles. The number of likely N-dealkylation sites (tertiary alicyclic amines) is 1. The van der Waals surface area contributed by atoms with Crippen LogP contribution in [0.2, 0.25) is 0 Å². The molecule has 34 heavy (non-hydrogen) atoms. The average molecular weight is 497 g/mol. The topological polar surface area (TPSA) is 182 Å². The molecule has 1 aromatic carbocycles. The highest BCUT2D eigenvalue weighted by Crippen LogP contribution is 2.20. The molecule has 1 aliphatic heterocycles. The Labute approximate surface area is 202 Å². The van der Waals surface area contributed by atoms with E-state index in [4.69, 9.17) is 10.8 Å². The van der Waals surface area contributed by atoms with Gasteiger partial charge in [-0.05, 0) is 49.0 Å². The molecule has 11 nitrogen and oxygen atoms in total. The summed E-state index contributed by atoms with van der Waals surface area (Å²) in [5, 5.41) is 33.3. The summed E-state index contributed by atoms with van der Waals surface area (Å²) in [5.41, 5.74) is 6.21. The molecule has 3 amide bonds. The maximum absolute atomic E-state index is 13.2. The number of nitrogens with two attached hydrogens (primary N) is 1. The largest absolute Gasteiger partial charge is 0.508 e. The van der Waals surface area contributed by atoms with Crippen molar-refractivity contribution in [3.63, 3.8) is 0 Å². The van der Waals surface area contributed by atoms with Crippen molar-refractivity contribution in [1.82, 2.24) is 15.5 Å². The summed E-state index contributed by atoms with van der Waals surface area (Å²) in [5.74, 6) is -2.36. The van der Waals surface area contributed by atoms with Crippen LogP contribution >= 0.6 is 11.8 Å². The fourth-order valence-electron chi connectivity index (χ4n) is 3.69. The fourth-order valence-corrected chi connectivity index (χ4v) is 4.16. The van der Waals surface area contributed by atoms with Gasteiger partial charge in [0.25, 0.3) is 0 Å². The molecule has 7 N–H and O–H groups in total. The van der Waals surface area contributed by atoms with E-state index in [0.717, 1.165) is 0 Å². The Morgan fingerprint density at radius 1 is 1.15 bits per heavy atom. The van der Waals surface area contributed by atoms with Gasteiger partial charge in [0, 0.05) is 13.0 Å². The molecule has 1 fully saturated rings. The molecule has 188 valence electrons. The maximum Gasteiger partial charge on any atom is 0.326 e. The van der Waals surface area contributed by atoms with Crippen LogP contribution in [0.3, 0.4) is 0 Å². The van der Waals surface area contributed by atoms with Gasteiger partial charge < -0.3 is 36.6 Å². The van der Waals surface area contributed by atoms with Crippen molar-refractivity contribution in [2.75, 3.05) is 25.2 Å². The molecule has 0 bridgehead atoms. The number of carboxylic acids is 1. The van der Waals surface area contributed by atoms with Gasteiger partial charge in [-0.25, -0.2) is 4.79 Å². The number of rotatable bonds is 12. The monoisotopic (exact) mass is 496 g/mol. The predicted octanol–water partition coefficient (Wildman–Crippen LogP) is -0.947. The van der Waals surface area contributed by atoms with E-state index < -0.39 is 54.5 Å². The quantitative estimate of drug-likeness (QED) is 0.212.